The van der Waals surface area contributed by atoms with E-state index in [1.165, 1.54) is 6.07 Å². The van der Waals surface area contributed by atoms with Crippen LogP contribution >= 0.6 is 15.9 Å². The second kappa shape index (κ2) is 4.69. The van der Waals surface area contributed by atoms with Crippen molar-refractivity contribution in [2.24, 2.45) is 0 Å². The first-order valence-corrected chi connectivity index (χ1v) is 5.78. The summed E-state index contributed by atoms with van der Waals surface area (Å²) in [5.41, 5.74) is -2.23. The van der Waals surface area contributed by atoms with Crippen molar-refractivity contribution in [1.29, 1.82) is 0 Å². The third kappa shape index (κ3) is 2.78. The van der Waals surface area contributed by atoms with Crippen LogP contribution in [0.2, 0.25) is 0 Å². The minimum Gasteiger partial charge on any atom is -0.267 e. The normalized spacial score (nSPS) is 11.6. The summed E-state index contributed by atoms with van der Waals surface area (Å²) < 4.78 is 38.4. The van der Waals surface area contributed by atoms with Crippen molar-refractivity contribution >= 4 is 15.9 Å². The van der Waals surface area contributed by atoms with E-state index in [9.17, 15) is 22.8 Å². The second-order valence-electron chi connectivity index (χ2n) is 3.65. The molecule has 1 aromatic heterocycles. The Labute approximate surface area is 112 Å². The molecule has 19 heavy (non-hydrogen) atoms. The smallest absolute Gasteiger partial charge is 0.267 e. The Morgan fingerprint density at radius 2 is 1.84 bits per heavy atom. The molecule has 0 aliphatic heterocycles. The van der Waals surface area contributed by atoms with Gasteiger partial charge in [-0.2, -0.15) is 13.2 Å². The summed E-state index contributed by atoms with van der Waals surface area (Å²) >= 11 is 2.86. The molecule has 8 heteroatoms. The molecule has 100 valence electrons. The first kappa shape index (κ1) is 13.6. The van der Waals surface area contributed by atoms with Crippen molar-refractivity contribution in [3.05, 3.63) is 61.1 Å². The zero-order valence-electron chi connectivity index (χ0n) is 9.16. The molecule has 0 aliphatic rings. The topological polar surface area (TPSA) is 54.9 Å². The van der Waals surface area contributed by atoms with Gasteiger partial charge in [-0.05, 0) is 34.1 Å². The maximum absolute atomic E-state index is 12.6. The molecule has 2 rings (SSSR count). The molecule has 0 aliphatic carbocycles. The van der Waals surface area contributed by atoms with Gasteiger partial charge in [0.25, 0.3) is 11.1 Å². The lowest BCUT2D eigenvalue weighted by molar-refractivity contribution is -0.137. The number of aromatic nitrogens is 2. The molecule has 0 atom stereocenters. The highest BCUT2D eigenvalue weighted by molar-refractivity contribution is 9.10. The van der Waals surface area contributed by atoms with Gasteiger partial charge in [0, 0.05) is 6.07 Å². The van der Waals surface area contributed by atoms with E-state index in [-0.39, 0.29) is 10.2 Å². The van der Waals surface area contributed by atoms with Gasteiger partial charge in [0.05, 0.1) is 15.7 Å². The Kier molecular flexibility index (Phi) is 3.36. The zero-order chi connectivity index (χ0) is 14.2. The lowest BCUT2D eigenvalue weighted by Crippen LogP contribution is -2.28. The quantitative estimate of drug-likeness (QED) is 0.870. The molecule has 1 aromatic carbocycles. The molecular formula is C11H6BrF3N2O2. The fraction of sp³-hybridized carbons (Fsp3) is 0.0909. The lowest BCUT2D eigenvalue weighted by atomic mass is 10.2. The average molecular weight is 335 g/mol. The molecule has 0 bridgehead atoms. The molecule has 1 N–H and O–H groups in total. The van der Waals surface area contributed by atoms with Gasteiger partial charge in [-0.25, -0.2) is 4.68 Å². The minimum absolute atomic E-state index is 0.0146. The number of nitrogens with zero attached hydrogens (tertiary/aromatic N) is 1. The van der Waals surface area contributed by atoms with Crippen molar-refractivity contribution in [3.63, 3.8) is 0 Å². The standard InChI is InChI=1S/C11H6BrF3N2O2/c12-8-5-9(18)17(16-10(8)19)7-3-1-2-6(4-7)11(13,14)15/h1-5H,(H,16,19). The molecule has 0 amide bonds. The Hall–Kier alpha value is -1.83. The number of alkyl halides is 3. The summed E-state index contributed by atoms with van der Waals surface area (Å²) in [5.74, 6) is 0. The second-order valence-corrected chi connectivity index (χ2v) is 4.51. The zero-order valence-corrected chi connectivity index (χ0v) is 10.7. The number of H-pyrrole nitrogens is 1. The van der Waals surface area contributed by atoms with E-state index in [2.05, 4.69) is 21.0 Å². The van der Waals surface area contributed by atoms with E-state index in [1.807, 2.05) is 0 Å². The number of halogens is 4. The third-order valence-corrected chi connectivity index (χ3v) is 2.92. The Bertz CT molecular complexity index is 734. The van der Waals surface area contributed by atoms with E-state index >= 15 is 0 Å². The molecule has 0 saturated heterocycles. The average Bonchev–Trinajstić information content (AvgIpc) is 2.33. The van der Waals surface area contributed by atoms with Crippen LogP contribution in [-0.4, -0.2) is 9.78 Å². The Morgan fingerprint density at radius 3 is 2.47 bits per heavy atom. The number of rotatable bonds is 1. The fourth-order valence-electron chi connectivity index (χ4n) is 1.46. The number of hydrogen-bond donors (Lipinski definition) is 1. The van der Waals surface area contributed by atoms with Crippen molar-refractivity contribution < 1.29 is 13.2 Å². The van der Waals surface area contributed by atoms with Gasteiger partial charge >= 0.3 is 6.18 Å². The summed E-state index contributed by atoms with van der Waals surface area (Å²) in [6, 6.07) is 5.10. The molecule has 0 radical (unpaired) electrons. The summed E-state index contributed by atoms with van der Waals surface area (Å²) in [5, 5.41) is 2.17. The molecule has 1 heterocycles. The highest BCUT2D eigenvalue weighted by atomic mass is 79.9. The summed E-state index contributed by atoms with van der Waals surface area (Å²) in [4.78, 5) is 23.0. The van der Waals surface area contributed by atoms with E-state index in [1.54, 1.807) is 0 Å². The maximum atomic E-state index is 12.6. The molecule has 0 saturated carbocycles. The van der Waals surface area contributed by atoms with E-state index in [0.717, 1.165) is 28.9 Å². The lowest BCUT2D eigenvalue weighted by Gasteiger charge is -2.10. The van der Waals surface area contributed by atoms with Crippen LogP contribution in [0.25, 0.3) is 5.69 Å². The Balaban J connectivity index is 2.64. The van der Waals surface area contributed by atoms with Crippen molar-refractivity contribution in [2.75, 3.05) is 0 Å². The Morgan fingerprint density at radius 1 is 1.16 bits per heavy atom. The molecule has 0 unspecified atom stereocenters. The highest BCUT2D eigenvalue weighted by Crippen LogP contribution is 2.29. The van der Waals surface area contributed by atoms with E-state index < -0.39 is 22.9 Å². The van der Waals surface area contributed by atoms with Crippen LogP contribution in [0.1, 0.15) is 5.56 Å². The van der Waals surface area contributed by atoms with Crippen LogP contribution in [0.15, 0.2) is 44.4 Å². The SMILES string of the molecule is O=c1[nH]n(-c2cccc(C(F)(F)F)c2)c(=O)cc1Br. The van der Waals surface area contributed by atoms with Gasteiger partial charge in [-0.3, -0.25) is 14.7 Å². The van der Waals surface area contributed by atoms with Gasteiger partial charge in [-0.15, -0.1) is 0 Å². The predicted molar refractivity (Wildman–Crippen MR) is 65.4 cm³/mol. The van der Waals surface area contributed by atoms with Gasteiger partial charge in [0.15, 0.2) is 0 Å². The van der Waals surface area contributed by atoms with Gasteiger partial charge in [0.1, 0.15) is 0 Å². The van der Waals surface area contributed by atoms with E-state index in [4.69, 9.17) is 0 Å². The molecule has 2 aromatic rings. The van der Waals surface area contributed by atoms with Crippen molar-refractivity contribution in [1.82, 2.24) is 9.78 Å². The first-order chi connectivity index (χ1) is 8.79. The predicted octanol–water partition coefficient (Wildman–Crippen LogP) is 2.31. The monoisotopic (exact) mass is 334 g/mol. The van der Waals surface area contributed by atoms with E-state index in [0.29, 0.717) is 0 Å². The van der Waals surface area contributed by atoms with Gasteiger partial charge in [0.2, 0.25) is 0 Å². The van der Waals surface area contributed by atoms with Crippen LogP contribution in [-0.2, 0) is 6.18 Å². The summed E-state index contributed by atoms with van der Waals surface area (Å²) in [6.45, 7) is 0. The number of hydrogen-bond acceptors (Lipinski definition) is 2. The third-order valence-electron chi connectivity index (χ3n) is 2.33. The molecule has 0 fully saturated rings. The fourth-order valence-corrected chi connectivity index (χ4v) is 1.75. The summed E-state index contributed by atoms with van der Waals surface area (Å²) in [7, 11) is 0. The van der Waals surface area contributed by atoms with Gasteiger partial charge in [-0.1, -0.05) is 6.07 Å². The number of aromatic amines is 1. The molecular weight excluding hydrogens is 329 g/mol. The van der Waals surface area contributed by atoms with Crippen LogP contribution in [0.5, 0.6) is 0 Å². The summed E-state index contributed by atoms with van der Waals surface area (Å²) in [6.07, 6.45) is -4.52. The molecule has 0 spiro atoms. The van der Waals surface area contributed by atoms with Gasteiger partial charge < -0.3 is 0 Å². The largest absolute Gasteiger partial charge is 0.416 e. The van der Waals surface area contributed by atoms with Crippen molar-refractivity contribution in [2.45, 2.75) is 6.18 Å². The van der Waals surface area contributed by atoms with Crippen molar-refractivity contribution in [3.8, 4) is 5.69 Å². The maximum Gasteiger partial charge on any atom is 0.416 e. The minimum atomic E-state index is -4.52. The molecule has 4 nitrogen and oxygen atoms in total. The van der Waals surface area contributed by atoms with Crippen LogP contribution in [0.4, 0.5) is 13.2 Å². The number of nitrogens with one attached hydrogen (secondary N) is 1. The number of benzene rings is 1. The van der Waals surface area contributed by atoms with Crippen LogP contribution in [0.3, 0.4) is 0 Å². The highest BCUT2D eigenvalue weighted by Gasteiger charge is 2.30. The van der Waals surface area contributed by atoms with Crippen LogP contribution < -0.4 is 11.1 Å². The first-order valence-electron chi connectivity index (χ1n) is 4.98. The van der Waals surface area contributed by atoms with Crippen LogP contribution in [0, 0.1) is 0 Å².